The average molecular weight is 344 g/mol. The number of phenolic OH excluding ortho intramolecular Hbond substituents is 2. The molecular weight excluding hydrogens is 312 g/mol. The van der Waals surface area contributed by atoms with Gasteiger partial charge in [0.1, 0.15) is 5.75 Å². The van der Waals surface area contributed by atoms with Gasteiger partial charge in [-0.25, -0.2) is 0 Å². The molecule has 3 atom stereocenters. The minimum Gasteiger partial charge on any atom is -0.504 e. The number of ether oxygens (including phenoxy) is 1. The fourth-order valence-electron chi connectivity index (χ4n) is 5.67. The molecule has 0 bridgehead atoms. The highest BCUT2D eigenvalue weighted by Crippen LogP contribution is 2.61. The van der Waals surface area contributed by atoms with Gasteiger partial charge in [-0.05, 0) is 66.6 Å². The highest BCUT2D eigenvalue weighted by molar-refractivity contribution is 5.70. The zero-order chi connectivity index (χ0) is 18.4. The standard InChI is InChI=1S/C22H32O3/c1-14-7-10-19-21(2,3)11-6-12-22(19,4)16(14)13-15-18(25-5)9-8-17(23)20(15)24/h8-9,13-14,19,23-24H,6-7,10-12H2,1-5H3/b16-13+/t14?,19?,22-/m1/s1. The van der Waals surface area contributed by atoms with Crippen LogP contribution in [0.5, 0.6) is 17.2 Å². The molecule has 3 nitrogen and oxygen atoms in total. The Bertz CT molecular complexity index is 689. The predicted molar refractivity (Wildman–Crippen MR) is 102 cm³/mol. The molecule has 0 amide bonds. The van der Waals surface area contributed by atoms with Crippen LogP contribution >= 0.6 is 0 Å². The van der Waals surface area contributed by atoms with Gasteiger partial charge >= 0.3 is 0 Å². The summed E-state index contributed by atoms with van der Waals surface area (Å²) in [6.07, 6.45) is 8.27. The molecule has 2 aliphatic carbocycles. The molecular formula is C22H32O3. The van der Waals surface area contributed by atoms with Gasteiger partial charge in [0.25, 0.3) is 0 Å². The average Bonchev–Trinajstić information content (AvgIpc) is 2.54. The second kappa shape index (κ2) is 6.26. The molecule has 0 heterocycles. The molecule has 1 aromatic rings. The number of methoxy groups -OCH3 is 1. The first-order valence-corrected chi connectivity index (χ1v) is 9.51. The molecule has 2 N–H and O–H groups in total. The van der Waals surface area contributed by atoms with Gasteiger partial charge in [-0.1, -0.05) is 39.7 Å². The molecule has 0 radical (unpaired) electrons. The fraction of sp³-hybridized carbons (Fsp3) is 0.636. The zero-order valence-corrected chi connectivity index (χ0v) is 16.2. The highest BCUT2D eigenvalue weighted by atomic mass is 16.5. The number of hydrogen-bond acceptors (Lipinski definition) is 3. The maximum Gasteiger partial charge on any atom is 0.168 e. The molecule has 0 aromatic heterocycles. The molecule has 138 valence electrons. The van der Waals surface area contributed by atoms with Crippen molar-refractivity contribution in [1.29, 1.82) is 0 Å². The lowest BCUT2D eigenvalue weighted by atomic mass is 9.48. The Hall–Kier alpha value is -1.64. The van der Waals surface area contributed by atoms with Crippen molar-refractivity contribution in [1.82, 2.24) is 0 Å². The smallest absolute Gasteiger partial charge is 0.168 e. The van der Waals surface area contributed by atoms with Gasteiger partial charge in [0.15, 0.2) is 11.5 Å². The van der Waals surface area contributed by atoms with E-state index in [9.17, 15) is 10.2 Å². The molecule has 25 heavy (non-hydrogen) atoms. The number of benzene rings is 1. The van der Waals surface area contributed by atoms with Crippen molar-refractivity contribution in [2.24, 2.45) is 22.7 Å². The van der Waals surface area contributed by atoms with Crippen molar-refractivity contribution < 1.29 is 14.9 Å². The number of hydrogen-bond donors (Lipinski definition) is 2. The van der Waals surface area contributed by atoms with E-state index in [1.54, 1.807) is 13.2 Å². The van der Waals surface area contributed by atoms with E-state index < -0.39 is 0 Å². The molecule has 2 unspecified atom stereocenters. The van der Waals surface area contributed by atoms with Crippen molar-refractivity contribution in [3.8, 4) is 17.2 Å². The first kappa shape index (κ1) is 18.2. The lowest BCUT2D eigenvalue weighted by Gasteiger charge is -2.56. The minimum atomic E-state index is -0.0956. The van der Waals surface area contributed by atoms with Crippen molar-refractivity contribution in [3.05, 3.63) is 23.3 Å². The Morgan fingerprint density at radius 3 is 2.52 bits per heavy atom. The molecule has 0 spiro atoms. The summed E-state index contributed by atoms with van der Waals surface area (Å²) < 4.78 is 5.45. The Kier molecular flexibility index (Phi) is 4.55. The van der Waals surface area contributed by atoms with Crippen LogP contribution in [0.2, 0.25) is 0 Å². The van der Waals surface area contributed by atoms with Crippen LogP contribution in [-0.4, -0.2) is 17.3 Å². The van der Waals surface area contributed by atoms with E-state index in [1.165, 1.54) is 43.7 Å². The van der Waals surface area contributed by atoms with Crippen molar-refractivity contribution in [2.75, 3.05) is 7.11 Å². The van der Waals surface area contributed by atoms with E-state index >= 15 is 0 Å². The monoisotopic (exact) mass is 344 g/mol. The number of fused-ring (bicyclic) bond motifs is 1. The van der Waals surface area contributed by atoms with Crippen molar-refractivity contribution in [3.63, 3.8) is 0 Å². The van der Waals surface area contributed by atoms with Crippen LogP contribution < -0.4 is 4.74 Å². The van der Waals surface area contributed by atoms with Crippen LogP contribution in [0.3, 0.4) is 0 Å². The van der Waals surface area contributed by atoms with Crippen LogP contribution in [0.1, 0.15) is 65.4 Å². The van der Waals surface area contributed by atoms with Gasteiger partial charge in [0.2, 0.25) is 0 Å². The Morgan fingerprint density at radius 1 is 1.12 bits per heavy atom. The van der Waals surface area contributed by atoms with Crippen molar-refractivity contribution in [2.45, 2.75) is 59.8 Å². The quantitative estimate of drug-likeness (QED) is 0.671. The summed E-state index contributed by atoms with van der Waals surface area (Å²) in [5.41, 5.74) is 2.49. The van der Waals surface area contributed by atoms with E-state index in [4.69, 9.17) is 4.74 Å². The molecule has 2 aliphatic rings. The van der Waals surface area contributed by atoms with E-state index in [0.717, 1.165) is 0 Å². The summed E-state index contributed by atoms with van der Waals surface area (Å²) >= 11 is 0. The summed E-state index contributed by atoms with van der Waals surface area (Å²) in [5.74, 6) is 1.56. The van der Waals surface area contributed by atoms with Crippen LogP contribution in [0.25, 0.3) is 6.08 Å². The van der Waals surface area contributed by atoms with Crippen LogP contribution in [0.15, 0.2) is 17.7 Å². The largest absolute Gasteiger partial charge is 0.504 e. The third kappa shape index (κ3) is 2.92. The van der Waals surface area contributed by atoms with E-state index in [0.29, 0.717) is 28.6 Å². The van der Waals surface area contributed by atoms with Gasteiger partial charge in [-0.15, -0.1) is 0 Å². The number of phenols is 2. The molecule has 3 rings (SSSR count). The Balaban J connectivity index is 2.14. The molecule has 3 heteroatoms. The van der Waals surface area contributed by atoms with Gasteiger partial charge < -0.3 is 14.9 Å². The maximum absolute atomic E-state index is 10.4. The Labute approximate surface area is 151 Å². The molecule has 0 aliphatic heterocycles. The Morgan fingerprint density at radius 2 is 1.84 bits per heavy atom. The topological polar surface area (TPSA) is 49.7 Å². The minimum absolute atomic E-state index is 0.0835. The summed E-state index contributed by atoms with van der Waals surface area (Å²) in [5, 5.41) is 20.4. The van der Waals surface area contributed by atoms with Crippen LogP contribution in [0, 0.1) is 22.7 Å². The normalized spacial score (nSPS) is 33.1. The van der Waals surface area contributed by atoms with Gasteiger partial charge in [0.05, 0.1) is 12.7 Å². The van der Waals surface area contributed by atoms with Gasteiger partial charge in [-0.3, -0.25) is 0 Å². The van der Waals surface area contributed by atoms with Crippen molar-refractivity contribution >= 4 is 6.08 Å². The number of allylic oxidation sites excluding steroid dienone is 1. The van der Waals surface area contributed by atoms with Crippen LogP contribution in [0.4, 0.5) is 0 Å². The van der Waals surface area contributed by atoms with E-state index in [2.05, 4.69) is 33.8 Å². The SMILES string of the molecule is COc1ccc(O)c(O)c1/C=C1\C(C)CCC2C(C)(C)CCC[C@]12C. The third-order valence-electron chi connectivity index (χ3n) is 6.98. The molecule has 0 saturated heterocycles. The first-order valence-electron chi connectivity index (χ1n) is 9.51. The van der Waals surface area contributed by atoms with Crippen LogP contribution in [-0.2, 0) is 0 Å². The van der Waals surface area contributed by atoms with E-state index in [-0.39, 0.29) is 16.9 Å². The second-order valence-corrected chi connectivity index (χ2v) is 8.94. The number of rotatable bonds is 2. The highest BCUT2D eigenvalue weighted by Gasteiger charge is 2.51. The maximum atomic E-state index is 10.4. The number of aromatic hydroxyl groups is 2. The fourth-order valence-corrected chi connectivity index (χ4v) is 5.67. The lowest BCUT2D eigenvalue weighted by molar-refractivity contribution is -0.00535. The van der Waals surface area contributed by atoms with E-state index in [1.807, 2.05) is 0 Å². The predicted octanol–water partition coefficient (Wildman–Crippen LogP) is 5.75. The van der Waals surface area contributed by atoms with Gasteiger partial charge in [-0.2, -0.15) is 0 Å². The summed E-state index contributed by atoms with van der Waals surface area (Å²) in [4.78, 5) is 0. The first-order chi connectivity index (χ1) is 11.7. The summed E-state index contributed by atoms with van der Waals surface area (Å²) in [7, 11) is 1.60. The summed E-state index contributed by atoms with van der Waals surface area (Å²) in [6, 6.07) is 3.20. The molecule has 1 aromatic carbocycles. The molecule has 2 fully saturated rings. The lowest BCUT2D eigenvalue weighted by Crippen LogP contribution is -2.47. The third-order valence-corrected chi connectivity index (χ3v) is 6.98. The van der Waals surface area contributed by atoms with Gasteiger partial charge in [0, 0.05) is 0 Å². The second-order valence-electron chi connectivity index (χ2n) is 8.94. The molecule has 2 saturated carbocycles. The summed E-state index contributed by atoms with van der Waals surface area (Å²) in [6.45, 7) is 9.53. The zero-order valence-electron chi connectivity index (χ0n) is 16.2.